The fourth-order valence-corrected chi connectivity index (χ4v) is 2.97. The van der Waals surface area contributed by atoms with Crippen molar-refractivity contribution in [3.8, 4) is 0 Å². The molecule has 2 aromatic rings. The number of carbonyl (C=O) groups excluding carboxylic acids is 2. The Morgan fingerprint density at radius 3 is 2.71 bits per heavy atom. The number of H-pyrrole nitrogens is 1. The molecule has 1 atom stereocenters. The molecule has 3 rings (SSSR count). The van der Waals surface area contributed by atoms with Crippen LogP contribution in [0.4, 0.5) is 4.39 Å². The molecule has 2 heterocycles. The molecule has 1 aromatic heterocycles. The van der Waals surface area contributed by atoms with Crippen LogP contribution in [-0.2, 0) is 0 Å². The van der Waals surface area contributed by atoms with E-state index >= 15 is 0 Å². The highest BCUT2D eigenvalue weighted by Crippen LogP contribution is 2.27. The van der Waals surface area contributed by atoms with Gasteiger partial charge in [-0.2, -0.15) is 0 Å². The molecule has 24 heavy (non-hydrogen) atoms. The van der Waals surface area contributed by atoms with Gasteiger partial charge >= 0.3 is 0 Å². The number of amides is 1. The quantitative estimate of drug-likeness (QED) is 0.573. The predicted octanol–water partition coefficient (Wildman–Crippen LogP) is 2.78. The summed E-state index contributed by atoms with van der Waals surface area (Å²) in [5.74, 6) is -1.84. The SMILES string of the molecule is O=C(N[C@H]1CCNC1)c1cc(C(=O)c2c(Cl)ccc(Cl)c2F)c[nH]1. The monoisotopic (exact) mass is 369 g/mol. The number of hydrogen-bond acceptors (Lipinski definition) is 3. The molecule has 1 amide bonds. The van der Waals surface area contributed by atoms with Crippen molar-refractivity contribution in [3.05, 3.63) is 57.1 Å². The average Bonchev–Trinajstić information content (AvgIpc) is 3.22. The molecule has 1 aliphatic rings. The van der Waals surface area contributed by atoms with Crippen molar-refractivity contribution in [1.82, 2.24) is 15.6 Å². The number of halogens is 3. The van der Waals surface area contributed by atoms with Gasteiger partial charge in [0, 0.05) is 24.3 Å². The first-order valence-corrected chi connectivity index (χ1v) is 8.11. The largest absolute Gasteiger partial charge is 0.356 e. The summed E-state index contributed by atoms with van der Waals surface area (Å²) in [6.45, 7) is 1.56. The fraction of sp³-hybridized carbons (Fsp3) is 0.250. The first-order chi connectivity index (χ1) is 11.5. The summed E-state index contributed by atoms with van der Waals surface area (Å²) < 4.78 is 14.1. The van der Waals surface area contributed by atoms with E-state index in [0.717, 1.165) is 13.0 Å². The third kappa shape index (κ3) is 3.31. The highest BCUT2D eigenvalue weighted by molar-refractivity contribution is 6.37. The van der Waals surface area contributed by atoms with E-state index < -0.39 is 11.6 Å². The number of hydrogen-bond donors (Lipinski definition) is 3. The maximum atomic E-state index is 14.1. The fourth-order valence-electron chi connectivity index (χ4n) is 2.58. The summed E-state index contributed by atoms with van der Waals surface area (Å²) in [7, 11) is 0. The van der Waals surface area contributed by atoms with Crippen molar-refractivity contribution < 1.29 is 14.0 Å². The van der Waals surface area contributed by atoms with Crippen molar-refractivity contribution in [2.45, 2.75) is 12.5 Å². The summed E-state index contributed by atoms with van der Waals surface area (Å²) in [6, 6.07) is 4.06. The summed E-state index contributed by atoms with van der Waals surface area (Å²) in [5, 5.41) is 5.77. The van der Waals surface area contributed by atoms with Gasteiger partial charge in [0.15, 0.2) is 11.6 Å². The van der Waals surface area contributed by atoms with Gasteiger partial charge in [0.1, 0.15) is 5.69 Å². The minimum absolute atomic E-state index is 0.0360. The molecular weight excluding hydrogens is 356 g/mol. The number of aromatic amines is 1. The second-order valence-corrected chi connectivity index (χ2v) is 6.33. The number of rotatable bonds is 4. The van der Waals surface area contributed by atoms with E-state index in [2.05, 4.69) is 15.6 Å². The van der Waals surface area contributed by atoms with Gasteiger partial charge in [-0.3, -0.25) is 9.59 Å². The maximum Gasteiger partial charge on any atom is 0.267 e. The molecule has 0 spiro atoms. The van der Waals surface area contributed by atoms with E-state index in [1.807, 2.05) is 0 Å². The maximum absolute atomic E-state index is 14.1. The van der Waals surface area contributed by atoms with Gasteiger partial charge < -0.3 is 15.6 Å². The van der Waals surface area contributed by atoms with E-state index in [1.54, 1.807) is 0 Å². The molecule has 0 aliphatic carbocycles. The van der Waals surface area contributed by atoms with E-state index in [-0.39, 0.29) is 38.8 Å². The third-order valence-electron chi connectivity index (χ3n) is 3.86. The zero-order valence-electron chi connectivity index (χ0n) is 12.5. The molecule has 1 aliphatic heterocycles. The zero-order chi connectivity index (χ0) is 17.3. The van der Waals surface area contributed by atoms with Crippen LogP contribution in [0.15, 0.2) is 24.4 Å². The van der Waals surface area contributed by atoms with Crippen LogP contribution in [0.2, 0.25) is 10.0 Å². The van der Waals surface area contributed by atoms with Gasteiger partial charge in [-0.25, -0.2) is 4.39 Å². The van der Waals surface area contributed by atoms with Crippen molar-refractivity contribution in [3.63, 3.8) is 0 Å². The van der Waals surface area contributed by atoms with Gasteiger partial charge in [-0.05, 0) is 31.2 Å². The first kappa shape index (κ1) is 17.0. The van der Waals surface area contributed by atoms with Gasteiger partial charge in [-0.1, -0.05) is 23.2 Å². The Kier molecular flexibility index (Phi) is 4.89. The van der Waals surface area contributed by atoms with Crippen LogP contribution in [0.25, 0.3) is 0 Å². The Balaban J connectivity index is 1.81. The van der Waals surface area contributed by atoms with E-state index in [0.29, 0.717) is 6.54 Å². The van der Waals surface area contributed by atoms with Crippen LogP contribution in [0, 0.1) is 5.82 Å². The molecule has 126 valence electrons. The highest BCUT2D eigenvalue weighted by Gasteiger charge is 2.23. The lowest BCUT2D eigenvalue weighted by Crippen LogP contribution is -2.36. The Hall–Kier alpha value is -1.89. The molecule has 0 radical (unpaired) electrons. The van der Waals surface area contributed by atoms with Crippen molar-refractivity contribution in [2.24, 2.45) is 0 Å². The third-order valence-corrected chi connectivity index (χ3v) is 4.46. The topological polar surface area (TPSA) is 74.0 Å². The van der Waals surface area contributed by atoms with Crippen LogP contribution in [0.5, 0.6) is 0 Å². The lowest BCUT2D eigenvalue weighted by molar-refractivity contribution is 0.0935. The summed E-state index contributed by atoms with van der Waals surface area (Å²) in [4.78, 5) is 27.4. The van der Waals surface area contributed by atoms with E-state index in [1.165, 1.54) is 24.4 Å². The molecule has 0 bridgehead atoms. The van der Waals surface area contributed by atoms with Gasteiger partial charge in [-0.15, -0.1) is 0 Å². The number of nitrogens with one attached hydrogen (secondary N) is 3. The lowest BCUT2D eigenvalue weighted by atomic mass is 10.0. The molecule has 5 nitrogen and oxygen atoms in total. The zero-order valence-corrected chi connectivity index (χ0v) is 14.0. The van der Waals surface area contributed by atoms with Crippen LogP contribution in [0.1, 0.15) is 32.8 Å². The van der Waals surface area contributed by atoms with Gasteiger partial charge in [0.2, 0.25) is 0 Å². The minimum atomic E-state index is -0.876. The van der Waals surface area contributed by atoms with Crippen LogP contribution in [0.3, 0.4) is 0 Å². The molecule has 0 saturated carbocycles. The molecule has 0 unspecified atom stereocenters. The first-order valence-electron chi connectivity index (χ1n) is 7.35. The second kappa shape index (κ2) is 6.93. The molecule has 1 saturated heterocycles. The lowest BCUT2D eigenvalue weighted by Gasteiger charge is -2.09. The predicted molar refractivity (Wildman–Crippen MR) is 89.4 cm³/mol. The van der Waals surface area contributed by atoms with E-state index in [9.17, 15) is 14.0 Å². The number of aromatic nitrogens is 1. The summed E-state index contributed by atoms with van der Waals surface area (Å²) >= 11 is 11.6. The van der Waals surface area contributed by atoms with Crippen molar-refractivity contribution in [1.29, 1.82) is 0 Å². The smallest absolute Gasteiger partial charge is 0.267 e. The Bertz CT molecular complexity index is 801. The molecule has 8 heteroatoms. The van der Waals surface area contributed by atoms with E-state index in [4.69, 9.17) is 23.2 Å². The van der Waals surface area contributed by atoms with Gasteiger partial charge in [0.05, 0.1) is 15.6 Å². The molecule has 1 aromatic carbocycles. The second-order valence-electron chi connectivity index (χ2n) is 5.51. The number of ketones is 1. The molecule has 3 N–H and O–H groups in total. The van der Waals surface area contributed by atoms with Crippen molar-refractivity contribution in [2.75, 3.05) is 13.1 Å². The van der Waals surface area contributed by atoms with Crippen LogP contribution >= 0.6 is 23.2 Å². The highest BCUT2D eigenvalue weighted by atomic mass is 35.5. The van der Waals surface area contributed by atoms with Crippen LogP contribution in [-0.4, -0.2) is 35.8 Å². The summed E-state index contributed by atoms with van der Waals surface area (Å²) in [5.41, 5.74) is 0.0479. The minimum Gasteiger partial charge on any atom is -0.356 e. The standard InChI is InChI=1S/C16H14Cl2FN3O2/c17-10-1-2-11(18)14(19)13(10)15(23)8-5-12(21-6-8)16(24)22-9-3-4-20-7-9/h1-2,5-6,9,20-21H,3-4,7H2,(H,22,24)/t9-/m0/s1. The molecule has 1 fully saturated rings. The Morgan fingerprint density at radius 1 is 1.25 bits per heavy atom. The normalized spacial score (nSPS) is 17.0. The van der Waals surface area contributed by atoms with Crippen LogP contribution < -0.4 is 10.6 Å². The Labute approximate surface area is 147 Å². The van der Waals surface area contributed by atoms with Gasteiger partial charge in [0.25, 0.3) is 5.91 Å². The van der Waals surface area contributed by atoms with Crippen molar-refractivity contribution >= 4 is 34.9 Å². The Morgan fingerprint density at radius 2 is 2.00 bits per heavy atom. The number of benzene rings is 1. The average molecular weight is 370 g/mol. The summed E-state index contributed by atoms with van der Waals surface area (Å²) in [6.07, 6.45) is 2.20. The molecular formula is C16H14Cl2FN3O2. The number of carbonyl (C=O) groups is 2.